The van der Waals surface area contributed by atoms with Gasteiger partial charge in [0.2, 0.25) is 5.91 Å². The number of benzene rings is 1. The van der Waals surface area contributed by atoms with Gasteiger partial charge in [-0.3, -0.25) is 4.79 Å². The number of carbonyl (C=O) groups is 1. The van der Waals surface area contributed by atoms with Crippen LogP contribution in [0.1, 0.15) is 56.2 Å². The number of carbonyl (C=O) groups excluding carboxylic acids is 1. The van der Waals surface area contributed by atoms with Crippen LogP contribution in [-0.2, 0) is 4.79 Å². The normalized spacial score (nSPS) is 17.7. The highest BCUT2D eigenvalue weighted by molar-refractivity contribution is 5.78. The molecule has 1 aliphatic rings. The fourth-order valence-electron chi connectivity index (χ4n) is 2.95. The number of nitrogens with one attached hydrogen (secondary N) is 2. The van der Waals surface area contributed by atoms with Gasteiger partial charge >= 0.3 is 0 Å². The third-order valence-electron chi connectivity index (χ3n) is 4.19. The first-order valence-corrected chi connectivity index (χ1v) is 7.75. The first-order chi connectivity index (χ1) is 9.66. The smallest absolute Gasteiger partial charge is 0.234 e. The third-order valence-corrected chi connectivity index (χ3v) is 4.19. The Bertz CT molecular complexity index is 438. The Morgan fingerprint density at radius 2 is 1.95 bits per heavy atom. The molecule has 1 atom stereocenters. The fraction of sp³-hybridized carbons (Fsp3) is 0.588. The monoisotopic (exact) mass is 274 g/mol. The maximum atomic E-state index is 12.0. The molecule has 1 saturated carbocycles. The van der Waals surface area contributed by atoms with Crippen LogP contribution in [-0.4, -0.2) is 18.5 Å². The SMILES string of the molecule is Cc1ccccc1[C@@H](C)NCC(=O)NC1CCCCC1. The quantitative estimate of drug-likeness (QED) is 0.866. The molecule has 2 N–H and O–H groups in total. The first kappa shape index (κ1) is 15.0. The van der Waals surface area contributed by atoms with Crippen molar-refractivity contribution in [2.24, 2.45) is 0 Å². The Labute approximate surface area is 122 Å². The minimum atomic E-state index is 0.123. The largest absolute Gasteiger partial charge is 0.352 e. The lowest BCUT2D eigenvalue weighted by Gasteiger charge is -2.23. The van der Waals surface area contributed by atoms with Gasteiger partial charge in [-0.05, 0) is 37.8 Å². The molecule has 0 aromatic heterocycles. The van der Waals surface area contributed by atoms with E-state index in [1.807, 2.05) is 12.1 Å². The van der Waals surface area contributed by atoms with Gasteiger partial charge in [-0.2, -0.15) is 0 Å². The van der Waals surface area contributed by atoms with Gasteiger partial charge in [-0.25, -0.2) is 0 Å². The molecule has 1 amide bonds. The van der Waals surface area contributed by atoms with Crippen LogP contribution >= 0.6 is 0 Å². The van der Waals surface area contributed by atoms with Gasteiger partial charge in [-0.15, -0.1) is 0 Å². The van der Waals surface area contributed by atoms with Crippen LogP contribution in [0, 0.1) is 6.92 Å². The Balaban J connectivity index is 1.76. The van der Waals surface area contributed by atoms with Crippen molar-refractivity contribution in [2.75, 3.05) is 6.54 Å². The van der Waals surface area contributed by atoms with Crippen molar-refractivity contribution in [3.63, 3.8) is 0 Å². The van der Waals surface area contributed by atoms with Crippen LogP contribution in [0.3, 0.4) is 0 Å². The van der Waals surface area contributed by atoms with Gasteiger partial charge < -0.3 is 10.6 Å². The van der Waals surface area contributed by atoms with Crippen LogP contribution in [0.15, 0.2) is 24.3 Å². The summed E-state index contributed by atoms with van der Waals surface area (Å²) in [6.45, 7) is 4.61. The van der Waals surface area contributed by atoms with Gasteiger partial charge in [0.05, 0.1) is 6.54 Å². The molecule has 0 spiro atoms. The highest BCUT2D eigenvalue weighted by Crippen LogP contribution is 2.18. The van der Waals surface area contributed by atoms with Crippen LogP contribution in [0.25, 0.3) is 0 Å². The lowest BCUT2D eigenvalue weighted by molar-refractivity contribution is -0.121. The number of aryl methyl sites for hydroxylation is 1. The first-order valence-electron chi connectivity index (χ1n) is 7.75. The van der Waals surface area contributed by atoms with Crippen molar-refractivity contribution < 1.29 is 4.79 Å². The summed E-state index contributed by atoms with van der Waals surface area (Å²) in [4.78, 5) is 12.0. The van der Waals surface area contributed by atoms with E-state index >= 15 is 0 Å². The molecule has 3 heteroatoms. The lowest BCUT2D eigenvalue weighted by Crippen LogP contribution is -2.41. The van der Waals surface area contributed by atoms with E-state index in [1.165, 1.54) is 30.4 Å². The second-order valence-electron chi connectivity index (χ2n) is 5.86. The highest BCUT2D eigenvalue weighted by atomic mass is 16.1. The molecule has 0 unspecified atom stereocenters. The van der Waals surface area contributed by atoms with Crippen molar-refractivity contribution >= 4 is 5.91 Å². The number of rotatable bonds is 5. The minimum absolute atomic E-state index is 0.123. The van der Waals surface area contributed by atoms with Gasteiger partial charge in [0.1, 0.15) is 0 Å². The second-order valence-corrected chi connectivity index (χ2v) is 5.86. The predicted molar refractivity (Wildman–Crippen MR) is 82.6 cm³/mol. The van der Waals surface area contributed by atoms with Crippen molar-refractivity contribution in [3.05, 3.63) is 35.4 Å². The molecule has 20 heavy (non-hydrogen) atoms. The Hall–Kier alpha value is -1.35. The molecule has 1 fully saturated rings. The van der Waals surface area contributed by atoms with Gasteiger partial charge in [0, 0.05) is 12.1 Å². The summed E-state index contributed by atoms with van der Waals surface area (Å²) < 4.78 is 0. The van der Waals surface area contributed by atoms with Crippen LogP contribution in [0.5, 0.6) is 0 Å². The molecule has 110 valence electrons. The molecule has 0 aliphatic heterocycles. The second kappa shape index (κ2) is 7.44. The zero-order chi connectivity index (χ0) is 14.4. The Kier molecular flexibility index (Phi) is 5.60. The number of amides is 1. The summed E-state index contributed by atoms with van der Waals surface area (Å²) in [6, 6.07) is 8.91. The molecular weight excluding hydrogens is 248 g/mol. The molecule has 0 heterocycles. The minimum Gasteiger partial charge on any atom is -0.352 e. The predicted octanol–water partition coefficient (Wildman–Crippen LogP) is 3.09. The zero-order valence-corrected chi connectivity index (χ0v) is 12.6. The maximum absolute atomic E-state index is 12.0. The van der Waals surface area contributed by atoms with E-state index in [9.17, 15) is 4.79 Å². The highest BCUT2D eigenvalue weighted by Gasteiger charge is 2.16. The molecule has 1 aliphatic carbocycles. The average molecular weight is 274 g/mol. The Morgan fingerprint density at radius 3 is 2.65 bits per heavy atom. The average Bonchev–Trinajstić information content (AvgIpc) is 2.46. The van der Waals surface area contributed by atoms with E-state index in [1.54, 1.807) is 0 Å². The molecule has 0 radical (unpaired) electrons. The van der Waals surface area contributed by atoms with Crippen LogP contribution in [0.2, 0.25) is 0 Å². The summed E-state index contributed by atoms with van der Waals surface area (Å²) in [5.41, 5.74) is 2.53. The van der Waals surface area contributed by atoms with E-state index in [0.29, 0.717) is 12.6 Å². The van der Waals surface area contributed by atoms with Crippen molar-refractivity contribution in [1.82, 2.24) is 10.6 Å². The van der Waals surface area contributed by atoms with E-state index in [2.05, 4.69) is 36.6 Å². The van der Waals surface area contributed by atoms with Gasteiger partial charge in [0.15, 0.2) is 0 Å². The maximum Gasteiger partial charge on any atom is 0.234 e. The number of hydrogen-bond acceptors (Lipinski definition) is 2. The van der Waals surface area contributed by atoms with Crippen molar-refractivity contribution in [3.8, 4) is 0 Å². The summed E-state index contributed by atoms with van der Waals surface area (Å²) in [7, 11) is 0. The Morgan fingerprint density at radius 1 is 1.25 bits per heavy atom. The van der Waals surface area contributed by atoms with Gasteiger partial charge in [0.25, 0.3) is 0 Å². The van der Waals surface area contributed by atoms with E-state index < -0.39 is 0 Å². The standard InChI is InChI=1S/C17H26N2O/c1-13-8-6-7-11-16(13)14(2)18-12-17(20)19-15-9-4-3-5-10-15/h6-8,11,14-15,18H,3-5,9-10,12H2,1-2H3,(H,19,20)/t14-/m1/s1. The van der Waals surface area contributed by atoms with E-state index in [4.69, 9.17) is 0 Å². The fourth-order valence-corrected chi connectivity index (χ4v) is 2.95. The molecule has 0 saturated heterocycles. The van der Waals surface area contributed by atoms with E-state index in [0.717, 1.165) is 12.8 Å². The molecular formula is C17H26N2O. The molecule has 0 bridgehead atoms. The topological polar surface area (TPSA) is 41.1 Å². The molecule has 1 aromatic carbocycles. The van der Waals surface area contributed by atoms with Crippen molar-refractivity contribution in [1.29, 1.82) is 0 Å². The summed E-state index contributed by atoms with van der Waals surface area (Å²) >= 11 is 0. The molecule has 3 nitrogen and oxygen atoms in total. The van der Waals surface area contributed by atoms with Crippen molar-refractivity contribution in [2.45, 2.75) is 58.0 Å². The zero-order valence-electron chi connectivity index (χ0n) is 12.6. The van der Waals surface area contributed by atoms with Crippen LogP contribution in [0.4, 0.5) is 0 Å². The number of hydrogen-bond donors (Lipinski definition) is 2. The molecule has 2 rings (SSSR count). The summed E-state index contributed by atoms with van der Waals surface area (Å²) in [5, 5.41) is 6.46. The lowest BCUT2D eigenvalue weighted by atomic mass is 9.95. The van der Waals surface area contributed by atoms with E-state index in [-0.39, 0.29) is 11.9 Å². The summed E-state index contributed by atoms with van der Waals surface area (Å²) in [5.74, 6) is 0.123. The summed E-state index contributed by atoms with van der Waals surface area (Å²) in [6.07, 6.45) is 6.09. The van der Waals surface area contributed by atoms with Crippen LogP contribution < -0.4 is 10.6 Å². The molecule has 1 aromatic rings. The third kappa shape index (κ3) is 4.34. The van der Waals surface area contributed by atoms with Gasteiger partial charge in [-0.1, -0.05) is 43.5 Å².